The molecule has 5 heteroatoms. The third-order valence-electron chi connectivity index (χ3n) is 2.83. The van der Waals surface area contributed by atoms with Crippen molar-refractivity contribution in [2.24, 2.45) is 0 Å². The molecule has 2 rings (SSSR count). The molecular formula is C14H19FN2O2. The van der Waals surface area contributed by atoms with Gasteiger partial charge in [0, 0.05) is 12.2 Å². The number of hydrogen-bond donors (Lipinski definition) is 2. The lowest BCUT2D eigenvalue weighted by molar-refractivity contribution is 0.0501. The first-order valence-electron chi connectivity index (χ1n) is 6.38. The van der Waals surface area contributed by atoms with E-state index in [1.54, 1.807) is 6.07 Å². The lowest BCUT2D eigenvalue weighted by atomic mass is 9.98. The largest absolute Gasteiger partial charge is 0.444 e. The monoisotopic (exact) mass is 266 g/mol. The maximum absolute atomic E-state index is 13.2. The summed E-state index contributed by atoms with van der Waals surface area (Å²) >= 11 is 0. The van der Waals surface area contributed by atoms with Crippen LogP contribution in [0.4, 0.5) is 14.9 Å². The summed E-state index contributed by atoms with van der Waals surface area (Å²) in [5.74, 6) is -0.288. The van der Waals surface area contributed by atoms with Gasteiger partial charge in [0.1, 0.15) is 11.4 Å². The molecule has 4 nitrogen and oxygen atoms in total. The molecule has 0 spiro atoms. The zero-order valence-corrected chi connectivity index (χ0v) is 11.4. The number of fused-ring (bicyclic) bond motifs is 1. The minimum absolute atomic E-state index is 0.147. The van der Waals surface area contributed by atoms with E-state index < -0.39 is 11.7 Å². The third kappa shape index (κ3) is 3.59. The number of anilines is 1. The predicted octanol–water partition coefficient (Wildman–Crippen LogP) is 3.21. The number of carbonyl (C=O) groups is 1. The molecule has 104 valence electrons. The highest BCUT2D eigenvalue weighted by molar-refractivity contribution is 5.69. The van der Waals surface area contributed by atoms with Crippen LogP contribution in [-0.2, 0) is 4.74 Å². The summed E-state index contributed by atoms with van der Waals surface area (Å²) in [7, 11) is 0. The molecule has 1 aromatic rings. The maximum Gasteiger partial charge on any atom is 0.408 e. The van der Waals surface area contributed by atoms with Crippen molar-refractivity contribution in [3.8, 4) is 0 Å². The number of ether oxygens (including phenoxy) is 1. The Kier molecular flexibility index (Phi) is 3.64. The van der Waals surface area contributed by atoms with E-state index in [9.17, 15) is 9.18 Å². The van der Waals surface area contributed by atoms with E-state index in [-0.39, 0.29) is 11.9 Å². The molecule has 1 aliphatic rings. The maximum atomic E-state index is 13.2. The molecule has 0 bridgehead atoms. The summed E-state index contributed by atoms with van der Waals surface area (Å²) in [5, 5.41) is 5.95. The lowest BCUT2D eigenvalue weighted by Gasteiger charge is -2.28. The topological polar surface area (TPSA) is 50.4 Å². The molecule has 0 aliphatic carbocycles. The zero-order valence-electron chi connectivity index (χ0n) is 11.4. The number of carbonyl (C=O) groups excluding carboxylic acids is 1. The summed E-state index contributed by atoms with van der Waals surface area (Å²) in [6, 6.07) is 4.39. The smallest absolute Gasteiger partial charge is 0.408 e. The van der Waals surface area contributed by atoms with Crippen molar-refractivity contribution >= 4 is 11.8 Å². The van der Waals surface area contributed by atoms with Crippen molar-refractivity contribution in [3.05, 3.63) is 29.6 Å². The molecule has 1 aliphatic heterocycles. The van der Waals surface area contributed by atoms with Crippen LogP contribution >= 0.6 is 0 Å². The van der Waals surface area contributed by atoms with Gasteiger partial charge in [-0.1, -0.05) is 6.07 Å². The molecule has 1 atom stereocenters. The molecule has 0 aromatic heterocycles. The molecule has 19 heavy (non-hydrogen) atoms. The number of rotatable bonds is 1. The third-order valence-corrected chi connectivity index (χ3v) is 2.83. The van der Waals surface area contributed by atoms with Gasteiger partial charge < -0.3 is 15.4 Å². The van der Waals surface area contributed by atoms with Gasteiger partial charge in [-0.25, -0.2) is 9.18 Å². The van der Waals surface area contributed by atoms with E-state index in [1.165, 1.54) is 12.1 Å². The van der Waals surface area contributed by atoms with Crippen LogP contribution in [0.5, 0.6) is 0 Å². The van der Waals surface area contributed by atoms with Crippen LogP contribution in [0.3, 0.4) is 0 Å². The van der Waals surface area contributed by atoms with E-state index >= 15 is 0 Å². The van der Waals surface area contributed by atoms with Crippen LogP contribution < -0.4 is 10.6 Å². The van der Waals surface area contributed by atoms with Crippen molar-refractivity contribution in [2.45, 2.75) is 38.8 Å². The summed E-state index contributed by atoms with van der Waals surface area (Å²) < 4.78 is 18.4. The van der Waals surface area contributed by atoms with Gasteiger partial charge in [0.2, 0.25) is 0 Å². The first-order chi connectivity index (χ1) is 8.85. The number of alkyl carbamates (subject to hydrolysis) is 1. The van der Waals surface area contributed by atoms with Crippen molar-refractivity contribution in [2.75, 3.05) is 11.9 Å². The minimum atomic E-state index is -0.525. The average molecular weight is 266 g/mol. The first-order valence-corrected chi connectivity index (χ1v) is 6.38. The number of halogens is 1. The summed E-state index contributed by atoms with van der Waals surface area (Å²) in [6.07, 6.45) is 0.299. The molecule has 0 fully saturated rings. The van der Waals surface area contributed by atoms with Crippen LogP contribution in [-0.4, -0.2) is 18.2 Å². The summed E-state index contributed by atoms with van der Waals surface area (Å²) in [5.41, 5.74) is 1.09. The second kappa shape index (κ2) is 5.07. The Labute approximate surface area is 112 Å². The van der Waals surface area contributed by atoms with Crippen molar-refractivity contribution in [1.29, 1.82) is 0 Å². The Morgan fingerprint density at radius 3 is 2.89 bits per heavy atom. The fourth-order valence-corrected chi connectivity index (χ4v) is 2.09. The van der Waals surface area contributed by atoms with E-state index in [1.807, 2.05) is 20.8 Å². The highest BCUT2D eigenvalue weighted by Crippen LogP contribution is 2.30. The quantitative estimate of drug-likeness (QED) is 0.820. The molecule has 0 radical (unpaired) electrons. The Hall–Kier alpha value is -1.78. The van der Waals surface area contributed by atoms with Crippen LogP contribution in [0.1, 0.15) is 38.8 Å². The molecule has 1 heterocycles. The van der Waals surface area contributed by atoms with E-state index in [0.29, 0.717) is 6.54 Å². The van der Waals surface area contributed by atoms with Crippen LogP contribution in [0.2, 0.25) is 0 Å². The second-order valence-corrected chi connectivity index (χ2v) is 5.65. The molecule has 0 saturated carbocycles. The standard InChI is InChI=1S/C14H19FN2O2/c1-14(2,3)19-13(18)17-11-6-7-16-12-8-9(15)4-5-10(11)12/h4-5,8,11,16H,6-7H2,1-3H3,(H,17,18)/t11-/m1/s1. The molecule has 1 amide bonds. The van der Waals surface area contributed by atoms with Gasteiger partial charge in [0.25, 0.3) is 0 Å². The number of benzene rings is 1. The SMILES string of the molecule is CC(C)(C)OC(=O)N[C@@H]1CCNc2cc(F)ccc21. The molecule has 2 N–H and O–H groups in total. The highest BCUT2D eigenvalue weighted by atomic mass is 19.1. The van der Waals surface area contributed by atoms with Gasteiger partial charge in [-0.3, -0.25) is 0 Å². The summed E-state index contributed by atoms with van der Waals surface area (Å²) in [6.45, 7) is 6.14. The molecule has 1 aromatic carbocycles. The second-order valence-electron chi connectivity index (χ2n) is 5.65. The Morgan fingerprint density at radius 2 is 2.21 bits per heavy atom. The molecular weight excluding hydrogens is 247 g/mol. The van der Waals surface area contributed by atoms with Crippen LogP contribution in [0.25, 0.3) is 0 Å². The van der Waals surface area contributed by atoms with E-state index in [2.05, 4.69) is 10.6 Å². The van der Waals surface area contributed by atoms with Gasteiger partial charge in [0.05, 0.1) is 6.04 Å². The Bertz CT molecular complexity index is 483. The highest BCUT2D eigenvalue weighted by Gasteiger charge is 2.24. The number of amides is 1. The minimum Gasteiger partial charge on any atom is -0.444 e. The fraction of sp³-hybridized carbons (Fsp3) is 0.500. The number of hydrogen-bond acceptors (Lipinski definition) is 3. The summed E-state index contributed by atoms with van der Waals surface area (Å²) in [4.78, 5) is 11.8. The van der Waals surface area contributed by atoms with E-state index in [0.717, 1.165) is 17.7 Å². The van der Waals surface area contributed by atoms with Crippen molar-refractivity contribution in [1.82, 2.24) is 5.32 Å². The van der Waals surface area contributed by atoms with Crippen molar-refractivity contribution < 1.29 is 13.9 Å². The first kappa shape index (κ1) is 13.6. The molecule has 0 unspecified atom stereocenters. The number of nitrogens with one attached hydrogen (secondary N) is 2. The predicted molar refractivity (Wildman–Crippen MR) is 71.6 cm³/mol. The van der Waals surface area contributed by atoms with Gasteiger partial charge >= 0.3 is 6.09 Å². The Balaban J connectivity index is 2.09. The average Bonchev–Trinajstić information content (AvgIpc) is 2.26. The lowest BCUT2D eigenvalue weighted by Crippen LogP contribution is -2.37. The van der Waals surface area contributed by atoms with Crippen molar-refractivity contribution in [3.63, 3.8) is 0 Å². The van der Waals surface area contributed by atoms with Gasteiger partial charge in [0.15, 0.2) is 0 Å². The normalized spacial score (nSPS) is 18.2. The fourth-order valence-electron chi connectivity index (χ4n) is 2.09. The van der Waals surface area contributed by atoms with Gasteiger partial charge in [-0.05, 0) is 44.9 Å². The molecule has 0 saturated heterocycles. The van der Waals surface area contributed by atoms with Crippen LogP contribution in [0, 0.1) is 5.82 Å². The van der Waals surface area contributed by atoms with Gasteiger partial charge in [-0.2, -0.15) is 0 Å². The van der Waals surface area contributed by atoms with Gasteiger partial charge in [-0.15, -0.1) is 0 Å². The Morgan fingerprint density at radius 1 is 1.47 bits per heavy atom. The van der Waals surface area contributed by atoms with E-state index in [4.69, 9.17) is 4.74 Å². The van der Waals surface area contributed by atoms with Crippen LogP contribution in [0.15, 0.2) is 18.2 Å². The zero-order chi connectivity index (χ0) is 14.0.